The highest BCUT2D eigenvalue weighted by Gasteiger charge is 2.19. The molecule has 0 atom stereocenters. The molecule has 1 aliphatic heterocycles. The summed E-state index contributed by atoms with van der Waals surface area (Å²) >= 11 is 0. The van der Waals surface area contributed by atoms with E-state index in [0.29, 0.717) is 5.70 Å². The molecule has 0 aliphatic carbocycles. The first-order valence-corrected chi connectivity index (χ1v) is 10.0. The minimum Gasteiger partial charge on any atom is -0.370 e. The molecule has 1 saturated heterocycles. The Morgan fingerprint density at radius 3 is 2.50 bits per heavy atom. The minimum absolute atomic E-state index is 0.00654. The maximum absolute atomic E-state index is 14.3. The lowest BCUT2D eigenvalue weighted by molar-refractivity contribution is 0.0961. The minimum atomic E-state index is -0.695. The molecular formula is C24H25F2N3O. The molecule has 0 saturated carbocycles. The standard InChI is InChI=1S/C24H25F2N3O/c1-3-10-22(29-15-8-5-9-16-29)20(4-2)28-24(30)21-14-13-19(26)23(27-21)17-11-6-7-12-18(17)25/h3-4,6-7,10-14H,2,5,8-9,15-16H2,1H3,(H,28,30)/b10-3-,22-20-. The fraction of sp³-hybridized carbons (Fsp3) is 0.250. The molecule has 2 aromatic rings. The van der Waals surface area contributed by atoms with Crippen LogP contribution in [-0.4, -0.2) is 28.9 Å². The van der Waals surface area contributed by atoms with Crippen LogP contribution in [0.3, 0.4) is 0 Å². The molecule has 0 bridgehead atoms. The van der Waals surface area contributed by atoms with Gasteiger partial charge in [0.15, 0.2) is 0 Å². The number of carbonyl (C=O) groups is 1. The summed E-state index contributed by atoms with van der Waals surface area (Å²) in [6.45, 7) is 7.55. The average Bonchev–Trinajstić information content (AvgIpc) is 2.77. The molecule has 1 N–H and O–H groups in total. The number of benzene rings is 1. The lowest BCUT2D eigenvalue weighted by Gasteiger charge is -2.31. The van der Waals surface area contributed by atoms with Gasteiger partial charge in [-0.15, -0.1) is 0 Å². The van der Waals surface area contributed by atoms with E-state index in [4.69, 9.17) is 0 Å². The van der Waals surface area contributed by atoms with E-state index < -0.39 is 17.5 Å². The molecule has 1 aromatic heterocycles. The number of rotatable bonds is 6. The zero-order valence-corrected chi connectivity index (χ0v) is 17.0. The van der Waals surface area contributed by atoms with Crippen LogP contribution in [0.5, 0.6) is 0 Å². The summed E-state index contributed by atoms with van der Waals surface area (Å²) in [5, 5.41) is 2.83. The number of likely N-dealkylation sites (tertiary alicyclic amines) is 1. The maximum Gasteiger partial charge on any atom is 0.274 e. The average molecular weight is 409 g/mol. The number of piperidine rings is 1. The van der Waals surface area contributed by atoms with Gasteiger partial charge < -0.3 is 10.2 Å². The highest BCUT2D eigenvalue weighted by atomic mass is 19.1. The van der Waals surface area contributed by atoms with E-state index >= 15 is 0 Å². The lowest BCUT2D eigenvalue weighted by Crippen LogP contribution is -2.33. The molecule has 2 heterocycles. The smallest absolute Gasteiger partial charge is 0.274 e. The van der Waals surface area contributed by atoms with E-state index in [1.807, 2.05) is 19.1 Å². The van der Waals surface area contributed by atoms with Crippen LogP contribution in [0.2, 0.25) is 0 Å². The normalized spacial score (nSPS) is 15.1. The van der Waals surface area contributed by atoms with Crippen molar-refractivity contribution in [2.75, 3.05) is 13.1 Å². The van der Waals surface area contributed by atoms with Crippen molar-refractivity contribution in [1.82, 2.24) is 15.2 Å². The van der Waals surface area contributed by atoms with Gasteiger partial charge in [0.2, 0.25) is 0 Å². The van der Waals surface area contributed by atoms with Crippen LogP contribution in [0.4, 0.5) is 8.78 Å². The Morgan fingerprint density at radius 1 is 1.10 bits per heavy atom. The number of hydrogen-bond donors (Lipinski definition) is 1. The Bertz CT molecular complexity index is 992. The number of allylic oxidation sites excluding steroid dienone is 3. The van der Waals surface area contributed by atoms with Crippen molar-refractivity contribution in [3.8, 4) is 11.3 Å². The van der Waals surface area contributed by atoms with E-state index in [1.54, 1.807) is 12.1 Å². The first-order valence-electron chi connectivity index (χ1n) is 10.0. The molecule has 1 aliphatic rings. The van der Waals surface area contributed by atoms with Gasteiger partial charge in [-0.2, -0.15) is 0 Å². The Morgan fingerprint density at radius 2 is 1.83 bits per heavy atom. The van der Waals surface area contributed by atoms with Crippen molar-refractivity contribution < 1.29 is 13.6 Å². The summed E-state index contributed by atoms with van der Waals surface area (Å²) in [5.41, 5.74) is 1.23. The Balaban J connectivity index is 1.93. The number of nitrogens with zero attached hydrogens (tertiary/aromatic N) is 2. The van der Waals surface area contributed by atoms with Gasteiger partial charge in [0.25, 0.3) is 5.91 Å². The van der Waals surface area contributed by atoms with Gasteiger partial charge in [-0.25, -0.2) is 13.8 Å². The number of carbonyl (C=O) groups excluding carboxylic acids is 1. The maximum atomic E-state index is 14.3. The fourth-order valence-corrected chi connectivity index (χ4v) is 3.47. The molecular weight excluding hydrogens is 384 g/mol. The molecule has 0 unspecified atom stereocenters. The number of hydrogen-bond acceptors (Lipinski definition) is 3. The zero-order chi connectivity index (χ0) is 21.5. The van der Waals surface area contributed by atoms with Crippen molar-refractivity contribution in [2.24, 2.45) is 0 Å². The molecule has 1 amide bonds. The second-order valence-corrected chi connectivity index (χ2v) is 7.01. The summed E-state index contributed by atoms with van der Waals surface area (Å²) in [6, 6.07) is 8.16. The first kappa shape index (κ1) is 21.4. The predicted octanol–water partition coefficient (Wildman–Crippen LogP) is 5.22. The SMILES string of the molecule is C=C/C(NC(=O)c1ccc(F)c(-c2ccccc2F)n1)=C(\C=C/C)N1CCCCC1. The van der Waals surface area contributed by atoms with Crippen molar-refractivity contribution in [2.45, 2.75) is 26.2 Å². The quantitative estimate of drug-likeness (QED) is 0.666. The summed E-state index contributed by atoms with van der Waals surface area (Å²) in [4.78, 5) is 19.2. The Hall–Kier alpha value is -3.28. The molecule has 0 radical (unpaired) electrons. The molecule has 0 spiro atoms. The van der Waals surface area contributed by atoms with Gasteiger partial charge in [0.1, 0.15) is 23.0 Å². The van der Waals surface area contributed by atoms with E-state index in [1.165, 1.54) is 30.7 Å². The third-order valence-corrected chi connectivity index (χ3v) is 4.96. The number of pyridine rings is 1. The van der Waals surface area contributed by atoms with Crippen LogP contribution in [-0.2, 0) is 0 Å². The summed E-state index contributed by atoms with van der Waals surface area (Å²) in [5.74, 6) is -1.81. The molecule has 1 aromatic carbocycles. The second-order valence-electron chi connectivity index (χ2n) is 7.01. The number of aromatic nitrogens is 1. The summed E-state index contributed by atoms with van der Waals surface area (Å²) in [6.07, 6.45) is 8.80. The van der Waals surface area contributed by atoms with E-state index in [-0.39, 0.29) is 17.0 Å². The highest BCUT2D eigenvalue weighted by Crippen LogP contribution is 2.24. The number of amides is 1. The summed E-state index contributed by atoms with van der Waals surface area (Å²) < 4.78 is 28.4. The van der Waals surface area contributed by atoms with Gasteiger partial charge in [0.05, 0.1) is 11.4 Å². The van der Waals surface area contributed by atoms with Crippen LogP contribution < -0.4 is 5.32 Å². The van der Waals surface area contributed by atoms with E-state index in [0.717, 1.165) is 37.7 Å². The van der Waals surface area contributed by atoms with Crippen molar-refractivity contribution in [1.29, 1.82) is 0 Å². The van der Waals surface area contributed by atoms with Crippen molar-refractivity contribution >= 4 is 5.91 Å². The highest BCUT2D eigenvalue weighted by molar-refractivity contribution is 5.94. The molecule has 30 heavy (non-hydrogen) atoms. The fourth-order valence-electron chi connectivity index (χ4n) is 3.47. The monoisotopic (exact) mass is 409 g/mol. The third kappa shape index (κ3) is 4.82. The molecule has 3 rings (SSSR count). The largest absolute Gasteiger partial charge is 0.370 e. The van der Waals surface area contributed by atoms with Crippen LogP contribution in [0, 0.1) is 11.6 Å². The second kappa shape index (κ2) is 9.96. The Kier molecular flexibility index (Phi) is 7.12. The van der Waals surface area contributed by atoms with E-state index in [9.17, 15) is 13.6 Å². The van der Waals surface area contributed by atoms with E-state index in [2.05, 4.69) is 21.8 Å². The van der Waals surface area contributed by atoms with Crippen molar-refractivity contribution in [3.63, 3.8) is 0 Å². The van der Waals surface area contributed by atoms with Gasteiger partial charge in [-0.1, -0.05) is 24.8 Å². The molecule has 156 valence electrons. The summed E-state index contributed by atoms with van der Waals surface area (Å²) in [7, 11) is 0. The van der Waals surface area contributed by atoms with Crippen molar-refractivity contribution in [3.05, 3.63) is 89.9 Å². The van der Waals surface area contributed by atoms with Crippen LogP contribution in [0.1, 0.15) is 36.7 Å². The molecule has 4 nitrogen and oxygen atoms in total. The third-order valence-electron chi connectivity index (χ3n) is 4.96. The molecule has 6 heteroatoms. The van der Waals surface area contributed by atoms with Gasteiger partial charge >= 0.3 is 0 Å². The van der Waals surface area contributed by atoms with Crippen LogP contribution in [0.15, 0.2) is 72.6 Å². The number of nitrogens with one attached hydrogen (secondary N) is 1. The van der Waals surface area contributed by atoms with Crippen LogP contribution >= 0.6 is 0 Å². The number of halogens is 2. The van der Waals surface area contributed by atoms with Gasteiger partial charge in [-0.3, -0.25) is 4.79 Å². The van der Waals surface area contributed by atoms with Gasteiger partial charge in [-0.05, 0) is 62.6 Å². The zero-order valence-electron chi connectivity index (χ0n) is 17.0. The topological polar surface area (TPSA) is 45.2 Å². The van der Waals surface area contributed by atoms with Gasteiger partial charge in [0, 0.05) is 18.7 Å². The molecule has 1 fully saturated rings. The first-order chi connectivity index (χ1) is 14.5. The van der Waals surface area contributed by atoms with Crippen LogP contribution in [0.25, 0.3) is 11.3 Å². The lowest BCUT2D eigenvalue weighted by atomic mass is 10.1. The Labute approximate surface area is 175 Å². The predicted molar refractivity (Wildman–Crippen MR) is 115 cm³/mol.